The van der Waals surface area contributed by atoms with Crippen molar-refractivity contribution in [1.82, 2.24) is 0 Å². The fourth-order valence-corrected chi connectivity index (χ4v) is 2.86. The van der Waals surface area contributed by atoms with E-state index < -0.39 is 15.8 Å². The van der Waals surface area contributed by atoms with Crippen LogP contribution >= 0.6 is 0 Å². The van der Waals surface area contributed by atoms with Gasteiger partial charge in [0.05, 0.1) is 4.90 Å². The predicted octanol–water partition coefficient (Wildman–Crippen LogP) is 2.52. The van der Waals surface area contributed by atoms with Crippen LogP contribution in [-0.2, 0) is 10.0 Å². The summed E-state index contributed by atoms with van der Waals surface area (Å²) in [4.78, 5) is 0.0781. The SMILES string of the molecule is Cc1cc(N)cc(S(=O)(=O)Nc2ccc(F)cc2)c1. The molecule has 4 nitrogen and oxygen atoms in total. The van der Waals surface area contributed by atoms with E-state index in [1.807, 2.05) is 0 Å². The molecule has 0 unspecified atom stereocenters. The molecule has 2 aromatic carbocycles. The number of nitrogens with two attached hydrogens (primary N) is 1. The number of benzene rings is 2. The van der Waals surface area contributed by atoms with Crippen molar-refractivity contribution in [2.24, 2.45) is 0 Å². The van der Waals surface area contributed by atoms with Gasteiger partial charge in [-0.1, -0.05) is 0 Å². The second-order valence-corrected chi connectivity index (χ2v) is 5.87. The average molecular weight is 280 g/mol. The molecule has 0 saturated heterocycles. The third kappa shape index (κ3) is 3.23. The van der Waals surface area contributed by atoms with Crippen LogP contribution in [0.2, 0.25) is 0 Å². The molecule has 0 aromatic heterocycles. The minimum Gasteiger partial charge on any atom is -0.399 e. The maximum Gasteiger partial charge on any atom is 0.261 e. The summed E-state index contributed by atoms with van der Waals surface area (Å²) < 4.78 is 39.4. The van der Waals surface area contributed by atoms with Crippen molar-refractivity contribution in [1.29, 1.82) is 0 Å². The van der Waals surface area contributed by atoms with Crippen molar-refractivity contribution >= 4 is 21.4 Å². The largest absolute Gasteiger partial charge is 0.399 e. The monoisotopic (exact) mass is 280 g/mol. The summed E-state index contributed by atoms with van der Waals surface area (Å²) in [5.74, 6) is -0.428. The van der Waals surface area contributed by atoms with Crippen molar-refractivity contribution in [2.75, 3.05) is 10.5 Å². The first kappa shape index (κ1) is 13.4. The van der Waals surface area contributed by atoms with Gasteiger partial charge in [0.2, 0.25) is 0 Å². The van der Waals surface area contributed by atoms with Gasteiger partial charge < -0.3 is 5.73 Å². The number of aryl methyl sites for hydroxylation is 1. The molecule has 0 heterocycles. The van der Waals surface area contributed by atoms with Crippen molar-refractivity contribution in [3.63, 3.8) is 0 Å². The Bertz CT molecular complexity index is 677. The molecule has 0 bridgehead atoms. The lowest BCUT2D eigenvalue weighted by Gasteiger charge is -2.09. The summed E-state index contributed by atoms with van der Waals surface area (Å²) in [6.07, 6.45) is 0. The first-order valence-electron chi connectivity index (χ1n) is 5.52. The zero-order chi connectivity index (χ0) is 14.0. The number of halogens is 1. The lowest BCUT2D eigenvalue weighted by Crippen LogP contribution is -2.13. The van der Waals surface area contributed by atoms with E-state index in [2.05, 4.69) is 4.72 Å². The number of sulfonamides is 1. The molecule has 0 aliphatic carbocycles. The highest BCUT2D eigenvalue weighted by Gasteiger charge is 2.15. The molecule has 0 radical (unpaired) electrons. The zero-order valence-electron chi connectivity index (χ0n) is 10.2. The van der Waals surface area contributed by atoms with E-state index in [1.165, 1.54) is 36.4 Å². The summed E-state index contributed by atoms with van der Waals surface area (Å²) in [5, 5.41) is 0. The predicted molar refractivity (Wildman–Crippen MR) is 72.8 cm³/mol. The second-order valence-electron chi connectivity index (χ2n) is 4.19. The Morgan fingerprint density at radius 3 is 2.32 bits per heavy atom. The van der Waals surface area contributed by atoms with Crippen molar-refractivity contribution < 1.29 is 12.8 Å². The van der Waals surface area contributed by atoms with Crippen molar-refractivity contribution in [3.05, 3.63) is 53.8 Å². The molecule has 19 heavy (non-hydrogen) atoms. The van der Waals surface area contributed by atoms with Crippen molar-refractivity contribution in [3.8, 4) is 0 Å². The number of rotatable bonds is 3. The molecule has 3 N–H and O–H groups in total. The third-order valence-electron chi connectivity index (χ3n) is 2.48. The number of nitrogens with one attached hydrogen (secondary N) is 1. The summed E-state index contributed by atoms with van der Waals surface area (Å²) in [5.41, 5.74) is 7.04. The summed E-state index contributed by atoms with van der Waals surface area (Å²) in [6.45, 7) is 1.76. The molecule has 2 rings (SSSR count). The van der Waals surface area contributed by atoms with Crippen LogP contribution in [0.25, 0.3) is 0 Å². The lowest BCUT2D eigenvalue weighted by atomic mass is 10.2. The Labute approximate surface area is 111 Å². The van der Waals surface area contributed by atoms with Crippen LogP contribution in [-0.4, -0.2) is 8.42 Å². The second kappa shape index (κ2) is 4.89. The normalized spacial score (nSPS) is 11.3. The van der Waals surface area contributed by atoms with Gasteiger partial charge in [-0.05, 0) is 55.0 Å². The number of nitrogen functional groups attached to an aromatic ring is 1. The Morgan fingerprint density at radius 2 is 1.74 bits per heavy atom. The molecule has 0 fully saturated rings. The van der Waals surface area contributed by atoms with Crippen molar-refractivity contribution in [2.45, 2.75) is 11.8 Å². The zero-order valence-corrected chi connectivity index (χ0v) is 11.0. The Morgan fingerprint density at radius 1 is 1.11 bits per heavy atom. The highest BCUT2D eigenvalue weighted by molar-refractivity contribution is 7.92. The molecule has 2 aromatic rings. The summed E-state index contributed by atoms with van der Waals surface area (Å²) in [6, 6.07) is 9.64. The molecular weight excluding hydrogens is 267 g/mol. The number of anilines is 2. The van der Waals surface area contributed by atoms with E-state index in [1.54, 1.807) is 13.0 Å². The maximum atomic E-state index is 12.8. The highest BCUT2D eigenvalue weighted by Crippen LogP contribution is 2.20. The smallest absolute Gasteiger partial charge is 0.261 e. The Hall–Kier alpha value is -2.08. The van der Waals surface area contributed by atoms with E-state index in [-0.39, 0.29) is 4.90 Å². The lowest BCUT2D eigenvalue weighted by molar-refractivity contribution is 0.601. The first-order chi connectivity index (χ1) is 8.87. The van der Waals surface area contributed by atoms with Gasteiger partial charge in [-0.25, -0.2) is 12.8 Å². The van der Waals surface area contributed by atoms with Crippen LogP contribution in [0.15, 0.2) is 47.4 Å². The highest BCUT2D eigenvalue weighted by atomic mass is 32.2. The quantitative estimate of drug-likeness (QED) is 0.848. The van der Waals surface area contributed by atoms with Gasteiger partial charge in [0.25, 0.3) is 10.0 Å². The summed E-state index contributed by atoms with van der Waals surface area (Å²) in [7, 11) is -3.72. The van der Waals surface area contributed by atoms with E-state index in [0.29, 0.717) is 11.4 Å². The Kier molecular flexibility index (Phi) is 3.44. The molecule has 0 aliphatic heterocycles. The van der Waals surface area contributed by atoms with Crippen LogP contribution in [0.3, 0.4) is 0 Å². The van der Waals surface area contributed by atoms with E-state index >= 15 is 0 Å². The van der Waals surface area contributed by atoms with Gasteiger partial charge in [0.15, 0.2) is 0 Å². The topological polar surface area (TPSA) is 72.2 Å². The van der Waals surface area contributed by atoms with Gasteiger partial charge in [-0.15, -0.1) is 0 Å². The minimum atomic E-state index is -3.72. The van der Waals surface area contributed by atoms with Crippen LogP contribution < -0.4 is 10.5 Å². The first-order valence-corrected chi connectivity index (χ1v) is 7.01. The minimum absolute atomic E-state index is 0.0781. The summed E-state index contributed by atoms with van der Waals surface area (Å²) >= 11 is 0. The maximum absolute atomic E-state index is 12.8. The van der Waals surface area contributed by atoms with Crippen LogP contribution in [0.1, 0.15) is 5.56 Å². The van der Waals surface area contributed by atoms with Crippen LogP contribution in [0.5, 0.6) is 0 Å². The molecule has 0 amide bonds. The fourth-order valence-electron chi connectivity index (χ4n) is 1.66. The fraction of sp³-hybridized carbons (Fsp3) is 0.0769. The van der Waals surface area contributed by atoms with Gasteiger partial charge in [0, 0.05) is 11.4 Å². The van der Waals surface area contributed by atoms with E-state index in [0.717, 1.165) is 5.56 Å². The van der Waals surface area contributed by atoms with Crippen LogP contribution in [0.4, 0.5) is 15.8 Å². The number of hydrogen-bond donors (Lipinski definition) is 2. The average Bonchev–Trinajstić information content (AvgIpc) is 2.31. The molecule has 0 atom stereocenters. The molecule has 0 spiro atoms. The third-order valence-corrected chi connectivity index (χ3v) is 3.84. The Balaban J connectivity index is 2.34. The number of hydrogen-bond acceptors (Lipinski definition) is 3. The van der Waals surface area contributed by atoms with Gasteiger partial charge in [-0.2, -0.15) is 0 Å². The van der Waals surface area contributed by atoms with Gasteiger partial charge >= 0.3 is 0 Å². The standard InChI is InChI=1S/C13H13FN2O2S/c1-9-6-11(15)8-13(7-9)19(17,18)16-12-4-2-10(14)3-5-12/h2-8,16H,15H2,1H3. The molecule has 0 aliphatic rings. The van der Waals surface area contributed by atoms with E-state index in [9.17, 15) is 12.8 Å². The van der Waals surface area contributed by atoms with Crippen LogP contribution in [0, 0.1) is 12.7 Å². The molecule has 6 heteroatoms. The molecule has 100 valence electrons. The van der Waals surface area contributed by atoms with Gasteiger partial charge in [0.1, 0.15) is 5.82 Å². The van der Waals surface area contributed by atoms with Gasteiger partial charge in [-0.3, -0.25) is 4.72 Å². The van der Waals surface area contributed by atoms with E-state index in [4.69, 9.17) is 5.73 Å². The molecule has 0 saturated carbocycles. The molecular formula is C13H13FN2O2S.